The fourth-order valence-electron chi connectivity index (χ4n) is 2.09. The maximum atomic E-state index is 11.0. The number of nitrogens with one attached hydrogen (secondary N) is 1. The molecule has 0 aliphatic rings. The second kappa shape index (κ2) is 7.94. The number of hydrogen-bond acceptors (Lipinski definition) is 6. The Morgan fingerprint density at radius 1 is 1.38 bits per heavy atom. The summed E-state index contributed by atoms with van der Waals surface area (Å²) < 4.78 is 5.48. The van der Waals surface area contributed by atoms with E-state index in [2.05, 4.69) is 5.32 Å². The molecule has 0 aromatic heterocycles. The number of aliphatic hydroxyl groups is 1. The van der Waals surface area contributed by atoms with Crippen LogP contribution in [0.15, 0.2) is 42.5 Å². The van der Waals surface area contributed by atoms with Crippen molar-refractivity contribution in [1.82, 2.24) is 0 Å². The molecule has 24 heavy (non-hydrogen) atoms. The first-order valence-corrected chi connectivity index (χ1v) is 7.29. The molecule has 124 valence electrons. The van der Waals surface area contributed by atoms with Gasteiger partial charge in [0.15, 0.2) is 0 Å². The van der Waals surface area contributed by atoms with Crippen molar-refractivity contribution in [2.45, 2.75) is 13.0 Å². The molecule has 7 nitrogen and oxygen atoms in total. The molecule has 2 aromatic rings. The number of ether oxygens (including phenoxy) is 1. The molecule has 7 heteroatoms. The normalized spacial score (nSPS) is 11.4. The molecular weight excluding hydrogens is 310 g/mol. The average molecular weight is 327 g/mol. The van der Waals surface area contributed by atoms with E-state index < -0.39 is 11.0 Å². The Balaban J connectivity index is 1.93. The molecule has 0 radical (unpaired) electrons. The van der Waals surface area contributed by atoms with E-state index in [-0.39, 0.29) is 30.1 Å². The first kappa shape index (κ1) is 17.2. The maximum Gasteiger partial charge on any atom is 0.293 e. The summed E-state index contributed by atoms with van der Waals surface area (Å²) in [5.74, 6) is 0.651. The van der Waals surface area contributed by atoms with Crippen molar-refractivity contribution in [3.05, 3.63) is 63.7 Å². The van der Waals surface area contributed by atoms with Crippen LogP contribution in [0.4, 0.5) is 11.4 Å². The zero-order chi connectivity index (χ0) is 17.5. The van der Waals surface area contributed by atoms with Gasteiger partial charge >= 0.3 is 0 Å². The van der Waals surface area contributed by atoms with Crippen molar-refractivity contribution in [2.75, 3.05) is 18.5 Å². The SMILES string of the molecule is Cc1cccc(OCC(O)CNc2ccc(C#N)cc2[N+](=O)[O-])c1. The van der Waals surface area contributed by atoms with Crippen molar-refractivity contribution >= 4 is 11.4 Å². The van der Waals surface area contributed by atoms with E-state index in [1.807, 2.05) is 31.2 Å². The molecule has 0 aliphatic carbocycles. The van der Waals surface area contributed by atoms with Crippen LogP contribution in [0.25, 0.3) is 0 Å². The summed E-state index contributed by atoms with van der Waals surface area (Å²) in [6.45, 7) is 2.08. The fraction of sp³-hybridized carbons (Fsp3) is 0.235. The Labute approximate surface area is 139 Å². The molecule has 0 saturated heterocycles. The van der Waals surface area contributed by atoms with E-state index >= 15 is 0 Å². The largest absolute Gasteiger partial charge is 0.491 e. The highest BCUT2D eigenvalue weighted by Gasteiger charge is 2.15. The number of benzene rings is 2. The summed E-state index contributed by atoms with van der Waals surface area (Å²) >= 11 is 0. The van der Waals surface area contributed by atoms with Gasteiger partial charge in [0.25, 0.3) is 5.69 Å². The van der Waals surface area contributed by atoms with Gasteiger partial charge in [0.1, 0.15) is 24.1 Å². The van der Waals surface area contributed by atoms with Crippen LogP contribution in [0.3, 0.4) is 0 Å². The van der Waals surface area contributed by atoms with Crippen LogP contribution in [0.5, 0.6) is 5.75 Å². The number of nitrogens with zero attached hydrogens (tertiary/aromatic N) is 2. The van der Waals surface area contributed by atoms with Crippen LogP contribution >= 0.6 is 0 Å². The van der Waals surface area contributed by atoms with Gasteiger partial charge in [-0.3, -0.25) is 10.1 Å². The van der Waals surface area contributed by atoms with E-state index in [9.17, 15) is 15.2 Å². The molecule has 0 saturated carbocycles. The Kier molecular flexibility index (Phi) is 5.71. The predicted molar refractivity (Wildman–Crippen MR) is 89.0 cm³/mol. The van der Waals surface area contributed by atoms with Gasteiger partial charge in [-0.25, -0.2) is 0 Å². The van der Waals surface area contributed by atoms with Crippen molar-refractivity contribution < 1.29 is 14.8 Å². The number of nitro benzene ring substituents is 1. The highest BCUT2D eigenvalue weighted by atomic mass is 16.6. The van der Waals surface area contributed by atoms with Gasteiger partial charge in [-0.1, -0.05) is 12.1 Å². The van der Waals surface area contributed by atoms with Gasteiger partial charge in [0, 0.05) is 12.6 Å². The van der Waals surface area contributed by atoms with E-state index in [1.165, 1.54) is 18.2 Å². The second-order valence-corrected chi connectivity index (χ2v) is 5.26. The minimum atomic E-state index is -0.847. The Morgan fingerprint density at radius 2 is 2.17 bits per heavy atom. The molecule has 0 heterocycles. The van der Waals surface area contributed by atoms with Gasteiger partial charge in [0.05, 0.1) is 16.6 Å². The van der Waals surface area contributed by atoms with E-state index in [1.54, 1.807) is 6.07 Å². The average Bonchev–Trinajstić information content (AvgIpc) is 2.58. The third-order valence-corrected chi connectivity index (χ3v) is 3.28. The van der Waals surface area contributed by atoms with Crippen LogP contribution in [-0.2, 0) is 0 Å². The van der Waals surface area contributed by atoms with Gasteiger partial charge in [0.2, 0.25) is 0 Å². The van der Waals surface area contributed by atoms with E-state index in [0.717, 1.165) is 5.56 Å². The zero-order valence-electron chi connectivity index (χ0n) is 13.1. The molecule has 2 rings (SSSR count). The lowest BCUT2D eigenvalue weighted by molar-refractivity contribution is -0.384. The van der Waals surface area contributed by atoms with Gasteiger partial charge in [-0.05, 0) is 36.8 Å². The monoisotopic (exact) mass is 327 g/mol. The number of hydrogen-bond donors (Lipinski definition) is 2. The van der Waals surface area contributed by atoms with E-state index in [4.69, 9.17) is 10.00 Å². The highest BCUT2D eigenvalue weighted by Crippen LogP contribution is 2.25. The predicted octanol–water partition coefficient (Wildman–Crippen LogP) is 2.63. The number of aliphatic hydroxyl groups excluding tert-OH is 1. The fourth-order valence-corrected chi connectivity index (χ4v) is 2.09. The molecule has 0 bridgehead atoms. The van der Waals surface area contributed by atoms with Crippen molar-refractivity contribution in [2.24, 2.45) is 0 Å². The molecule has 2 aromatic carbocycles. The second-order valence-electron chi connectivity index (χ2n) is 5.26. The smallest absolute Gasteiger partial charge is 0.293 e. The highest BCUT2D eigenvalue weighted by molar-refractivity contribution is 5.64. The third-order valence-electron chi connectivity index (χ3n) is 3.28. The lowest BCUT2D eigenvalue weighted by Crippen LogP contribution is -2.26. The van der Waals surface area contributed by atoms with Crippen molar-refractivity contribution in [3.63, 3.8) is 0 Å². The summed E-state index contributed by atoms with van der Waals surface area (Å²) in [5, 5.41) is 32.6. The minimum absolute atomic E-state index is 0.0561. The number of anilines is 1. The Bertz CT molecular complexity index is 771. The van der Waals surface area contributed by atoms with Crippen LogP contribution < -0.4 is 10.1 Å². The van der Waals surface area contributed by atoms with Crippen molar-refractivity contribution in [1.29, 1.82) is 5.26 Å². The molecular formula is C17H17N3O4. The summed E-state index contributed by atoms with van der Waals surface area (Å²) in [6.07, 6.45) is -0.847. The number of rotatable bonds is 7. The topological polar surface area (TPSA) is 108 Å². The Hall–Kier alpha value is -3.11. The van der Waals surface area contributed by atoms with Crippen LogP contribution in [-0.4, -0.2) is 29.3 Å². The standard InChI is InChI=1S/C17H17N3O4/c1-12-3-2-4-15(7-12)24-11-14(21)10-19-16-6-5-13(9-18)8-17(16)20(22)23/h2-8,14,19,21H,10-11H2,1H3. The van der Waals surface area contributed by atoms with Crippen molar-refractivity contribution in [3.8, 4) is 11.8 Å². The lowest BCUT2D eigenvalue weighted by Gasteiger charge is -2.14. The maximum absolute atomic E-state index is 11.0. The number of nitriles is 1. The molecule has 0 aliphatic heterocycles. The molecule has 0 spiro atoms. The van der Waals surface area contributed by atoms with Crippen LogP contribution in [0, 0.1) is 28.4 Å². The summed E-state index contributed by atoms with van der Waals surface area (Å²) in [6, 6.07) is 13.4. The number of aryl methyl sites for hydroxylation is 1. The Morgan fingerprint density at radius 3 is 2.83 bits per heavy atom. The number of nitro groups is 1. The molecule has 2 N–H and O–H groups in total. The molecule has 1 unspecified atom stereocenters. The summed E-state index contributed by atoms with van der Waals surface area (Å²) in [5.41, 5.74) is 1.29. The molecule has 0 amide bonds. The van der Waals surface area contributed by atoms with E-state index in [0.29, 0.717) is 5.75 Å². The van der Waals surface area contributed by atoms with Crippen LogP contribution in [0.1, 0.15) is 11.1 Å². The van der Waals surface area contributed by atoms with Gasteiger partial charge in [-0.2, -0.15) is 5.26 Å². The third kappa shape index (κ3) is 4.69. The first-order valence-electron chi connectivity index (χ1n) is 7.29. The van der Waals surface area contributed by atoms with Crippen LogP contribution in [0.2, 0.25) is 0 Å². The first-order chi connectivity index (χ1) is 11.5. The molecule has 0 fully saturated rings. The van der Waals surface area contributed by atoms with Gasteiger partial charge < -0.3 is 15.2 Å². The minimum Gasteiger partial charge on any atom is -0.491 e. The lowest BCUT2D eigenvalue weighted by atomic mass is 10.2. The molecule has 1 atom stereocenters. The summed E-state index contributed by atoms with van der Waals surface area (Å²) in [7, 11) is 0. The zero-order valence-corrected chi connectivity index (χ0v) is 13.1. The van der Waals surface area contributed by atoms with Gasteiger partial charge in [-0.15, -0.1) is 0 Å². The quantitative estimate of drug-likeness (QED) is 0.598. The summed E-state index contributed by atoms with van der Waals surface area (Å²) in [4.78, 5) is 10.5.